The fourth-order valence-corrected chi connectivity index (χ4v) is 2.18. The maximum absolute atomic E-state index is 6.32. The van der Waals surface area contributed by atoms with E-state index in [1.807, 2.05) is 23.0 Å². The molecule has 2 N–H and O–H groups in total. The number of hydrogen-bond acceptors (Lipinski definition) is 2. The Morgan fingerprint density at radius 3 is 2.78 bits per heavy atom. The zero-order valence-corrected chi connectivity index (χ0v) is 11.3. The minimum Gasteiger partial charge on any atom is -0.330 e. The smallest absolute Gasteiger partial charge is 0.130 e. The summed E-state index contributed by atoms with van der Waals surface area (Å²) < 4.78 is 1.84. The van der Waals surface area contributed by atoms with Crippen molar-refractivity contribution in [2.75, 3.05) is 6.54 Å². The summed E-state index contributed by atoms with van der Waals surface area (Å²) in [5, 5.41) is 5.08. The van der Waals surface area contributed by atoms with Crippen LogP contribution in [-0.2, 0) is 13.0 Å². The second-order valence-corrected chi connectivity index (χ2v) is 4.79. The first-order chi connectivity index (χ1) is 8.72. The van der Waals surface area contributed by atoms with E-state index in [1.54, 1.807) is 0 Å². The highest BCUT2D eigenvalue weighted by molar-refractivity contribution is 6.30. The molecule has 0 radical (unpaired) electrons. The number of nitrogens with two attached hydrogens (primary N) is 1. The standard InChI is InChI=1S/C14H18ClN3/c1-11-5-2-3-6-13(11)10-18-14(15)12(9-17-18)7-4-8-16/h2-3,5-6,9H,4,7-8,10,16H2,1H3. The predicted molar refractivity (Wildman–Crippen MR) is 74.9 cm³/mol. The van der Waals surface area contributed by atoms with E-state index in [0.717, 1.165) is 23.6 Å². The van der Waals surface area contributed by atoms with E-state index < -0.39 is 0 Å². The van der Waals surface area contributed by atoms with E-state index in [2.05, 4.69) is 24.2 Å². The second-order valence-electron chi connectivity index (χ2n) is 4.44. The van der Waals surface area contributed by atoms with Gasteiger partial charge in [-0.25, -0.2) is 4.68 Å². The first-order valence-corrected chi connectivity index (χ1v) is 6.55. The highest BCUT2D eigenvalue weighted by Gasteiger charge is 2.09. The zero-order valence-electron chi connectivity index (χ0n) is 10.6. The van der Waals surface area contributed by atoms with Crippen LogP contribution in [0.2, 0.25) is 5.15 Å². The van der Waals surface area contributed by atoms with Gasteiger partial charge in [0.1, 0.15) is 5.15 Å². The highest BCUT2D eigenvalue weighted by Crippen LogP contribution is 2.19. The molecule has 0 fully saturated rings. The van der Waals surface area contributed by atoms with Gasteiger partial charge in [-0.3, -0.25) is 0 Å². The molecule has 0 spiro atoms. The van der Waals surface area contributed by atoms with Crippen LogP contribution in [0.15, 0.2) is 30.5 Å². The van der Waals surface area contributed by atoms with Crippen LogP contribution < -0.4 is 5.73 Å². The fourth-order valence-electron chi connectivity index (χ4n) is 1.93. The quantitative estimate of drug-likeness (QED) is 0.902. The van der Waals surface area contributed by atoms with Crippen molar-refractivity contribution in [2.24, 2.45) is 5.73 Å². The molecule has 96 valence electrons. The number of nitrogens with zero attached hydrogens (tertiary/aromatic N) is 2. The third kappa shape index (κ3) is 2.92. The number of hydrogen-bond donors (Lipinski definition) is 1. The first-order valence-electron chi connectivity index (χ1n) is 6.17. The summed E-state index contributed by atoms with van der Waals surface area (Å²) in [5.74, 6) is 0. The van der Waals surface area contributed by atoms with E-state index in [0.29, 0.717) is 13.1 Å². The van der Waals surface area contributed by atoms with Crippen molar-refractivity contribution in [3.8, 4) is 0 Å². The van der Waals surface area contributed by atoms with Gasteiger partial charge >= 0.3 is 0 Å². The molecule has 0 unspecified atom stereocenters. The molecule has 3 nitrogen and oxygen atoms in total. The van der Waals surface area contributed by atoms with Crippen LogP contribution in [0.25, 0.3) is 0 Å². The SMILES string of the molecule is Cc1ccccc1Cn1ncc(CCCN)c1Cl. The molecule has 2 rings (SSSR count). The van der Waals surface area contributed by atoms with Crippen molar-refractivity contribution in [3.63, 3.8) is 0 Å². The average molecular weight is 264 g/mol. The van der Waals surface area contributed by atoms with Crippen molar-refractivity contribution in [1.29, 1.82) is 0 Å². The largest absolute Gasteiger partial charge is 0.330 e. The van der Waals surface area contributed by atoms with Crippen molar-refractivity contribution in [1.82, 2.24) is 9.78 Å². The molecule has 1 aromatic heterocycles. The van der Waals surface area contributed by atoms with E-state index in [4.69, 9.17) is 17.3 Å². The lowest BCUT2D eigenvalue weighted by Gasteiger charge is -2.07. The third-order valence-electron chi connectivity index (χ3n) is 3.08. The van der Waals surface area contributed by atoms with Crippen molar-refractivity contribution in [3.05, 3.63) is 52.3 Å². The molecule has 0 aliphatic rings. The van der Waals surface area contributed by atoms with Gasteiger partial charge < -0.3 is 5.73 Å². The Hall–Kier alpha value is -1.32. The number of aryl methyl sites for hydroxylation is 2. The second kappa shape index (κ2) is 6.03. The van der Waals surface area contributed by atoms with Gasteiger partial charge in [0, 0.05) is 5.56 Å². The molecule has 1 aromatic carbocycles. The molecular weight excluding hydrogens is 246 g/mol. The first kappa shape index (κ1) is 13.1. The van der Waals surface area contributed by atoms with Crippen molar-refractivity contribution in [2.45, 2.75) is 26.3 Å². The molecule has 0 saturated heterocycles. The average Bonchev–Trinajstić information content (AvgIpc) is 2.71. The highest BCUT2D eigenvalue weighted by atomic mass is 35.5. The maximum atomic E-state index is 6.32. The molecule has 0 atom stereocenters. The number of rotatable bonds is 5. The Bertz CT molecular complexity index is 520. The molecular formula is C14H18ClN3. The molecule has 0 aliphatic carbocycles. The maximum Gasteiger partial charge on any atom is 0.130 e. The number of benzene rings is 1. The lowest BCUT2D eigenvalue weighted by Crippen LogP contribution is -2.04. The minimum absolute atomic E-state index is 0.680. The van der Waals surface area contributed by atoms with Gasteiger partial charge in [-0.15, -0.1) is 0 Å². The summed E-state index contributed by atoms with van der Waals surface area (Å²) in [7, 11) is 0. The lowest BCUT2D eigenvalue weighted by atomic mass is 10.1. The van der Waals surface area contributed by atoms with Gasteiger partial charge in [0.25, 0.3) is 0 Å². The van der Waals surface area contributed by atoms with Gasteiger partial charge in [0.05, 0.1) is 12.7 Å². The summed E-state index contributed by atoms with van der Waals surface area (Å²) in [4.78, 5) is 0. The van der Waals surface area contributed by atoms with Gasteiger partial charge in [0.2, 0.25) is 0 Å². The van der Waals surface area contributed by atoms with Crippen LogP contribution in [0.3, 0.4) is 0 Å². The summed E-state index contributed by atoms with van der Waals surface area (Å²) in [6, 6.07) is 8.28. The Labute approximate surface area is 113 Å². The molecule has 0 amide bonds. The molecule has 0 bridgehead atoms. The summed E-state index contributed by atoms with van der Waals surface area (Å²) >= 11 is 6.32. The normalized spacial score (nSPS) is 10.8. The number of halogens is 1. The Kier molecular flexibility index (Phi) is 4.39. The Morgan fingerprint density at radius 1 is 1.28 bits per heavy atom. The number of aromatic nitrogens is 2. The minimum atomic E-state index is 0.680. The molecule has 4 heteroatoms. The van der Waals surface area contributed by atoms with E-state index in [9.17, 15) is 0 Å². The molecule has 18 heavy (non-hydrogen) atoms. The predicted octanol–water partition coefficient (Wildman–Crippen LogP) is 2.78. The molecule has 0 saturated carbocycles. The van der Waals surface area contributed by atoms with Gasteiger partial charge in [0.15, 0.2) is 0 Å². The summed E-state index contributed by atoms with van der Waals surface area (Å²) in [5.41, 5.74) is 9.09. The molecule has 1 heterocycles. The topological polar surface area (TPSA) is 43.8 Å². The molecule has 2 aromatic rings. The Balaban J connectivity index is 2.15. The van der Waals surface area contributed by atoms with Crippen LogP contribution in [0.5, 0.6) is 0 Å². The van der Waals surface area contributed by atoms with Crippen LogP contribution in [0, 0.1) is 6.92 Å². The van der Waals surface area contributed by atoms with Gasteiger partial charge in [-0.1, -0.05) is 35.9 Å². The van der Waals surface area contributed by atoms with Crippen molar-refractivity contribution >= 4 is 11.6 Å². The monoisotopic (exact) mass is 263 g/mol. The van der Waals surface area contributed by atoms with Gasteiger partial charge in [-0.05, 0) is 37.4 Å². The van der Waals surface area contributed by atoms with E-state index >= 15 is 0 Å². The lowest BCUT2D eigenvalue weighted by molar-refractivity contribution is 0.684. The Morgan fingerprint density at radius 2 is 2.06 bits per heavy atom. The molecule has 0 aliphatic heterocycles. The van der Waals surface area contributed by atoms with E-state index in [1.165, 1.54) is 11.1 Å². The van der Waals surface area contributed by atoms with Crippen LogP contribution in [0.1, 0.15) is 23.1 Å². The third-order valence-corrected chi connectivity index (χ3v) is 3.51. The fraction of sp³-hybridized carbons (Fsp3) is 0.357. The van der Waals surface area contributed by atoms with Crippen LogP contribution in [-0.4, -0.2) is 16.3 Å². The van der Waals surface area contributed by atoms with Crippen LogP contribution in [0.4, 0.5) is 0 Å². The zero-order chi connectivity index (χ0) is 13.0. The van der Waals surface area contributed by atoms with E-state index in [-0.39, 0.29) is 0 Å². The summed E-state index contributed by atoms with van der Waals surface area (Å²) in [6.45, 7) is 3.50. The van der Waals surface area contributed by atoms with Gasteiger partial charge in [-0.2, -0.15) is 5.10 Å². The van der Waals surface area contributed by atoms with Crippen LogP contribution >= 0.6 is 11.6 Å². The summed E-state index contributed by atoms with van der Waals surface area (Å²) in [6.07, 6.45) is 3.68. The van der Waals surface area contributed by atoms with Crippen molar-refractivity contribution < 1.29 is 0 Å².